The molecule has 1 fully saturated rings. The Morgan fingerprint density at radius 2 is 1.69 bits per heavy atom. The monoisotopic (exact) mass is 497 g/mol. The van der Waals surface area contributed by atoms with Gasteiger partial charge < -0.3 is 35.6 Å². The third-order valence-corrected chi connectivity index (χ3v) is 7.50. The number of phenols is 2. The predicted octanol–water partition coefficient (Wildman–Crippen LogP) is 1.02. The van der Waals surface area contributed by atoms with Gasteiger partial charge in [-0.25, -0.2) is 0 Å². The molecule has 0 saturated carbocycles. The summed E-state index contributed by atoms with van der Waals surface area (Å²) in [6, 6.07) is 5.40. The van der Waals surface area contributed by atoms with E-state index >= 15 is 0 Å². The summed E-state index contributed by atoms with van der Waals surface area (Å²) in [4.78, 5) is 39.0. The SMILES string of the molecule is CC(=O)[C@]1(O)Cc2c(O)c3c(c(O)c2[C@@H](O[C@H]2C[C@@H](N)[C@H](O)[C@H](C)O2)C1)C(=O)c1ccccc1C3=O. The molecule has 0 radical (unpaired) electrons. The van der Waals surface area contributed by atoms with Gasteiger partial charge in [0.2, 0.25) is 0 Å². The van der Waals surface area contributed by atoms with E-state index in [1.807, 2.05) is 0 Å². The number of hydrogen-bond acceptors (Lipinski definition) is 10. The number of nitrogens with two attached hydrogens (primary N) is 1. The number of Topliss-reactive ketones (excluding diaryl/α,β-unsaturated/α-hetero) is 1. The first-order valence-corrected chi connectivity index (χ1v) is 11.7. The van der Waals surface area contributed by atoms with Gasteiger partial charge in [-0.1, -0.05) is 24.3 Å². The van der Waals surface area contributed by atoms with Crippen molar-refractivity contribution in [1.82, 2.24) is 0 Å². The van der Waals surface area contributed by atoms with Crippen molar-refractivity contribution in [3.05, 3.63) is 57.6 Å². The normalized spacial score (nSPS) is 31.4. The molecule has 2 aromatic carbocycles. The maximum atomic E-state index is 13.3. The van der Waals surface area contributed by atoms with Gasteiger partial charge >= 0.3 is 0 Å². The minimum absolute atomic E-state index is 0.00588. The number of carbonyl (C=O) groups is 3. The van der Waals surface area contributed by atoms with Crippen LogP contribution in [0.4, 0.5) is 0 Å². The molecule has 10 nitrogen and oxygen atoms in total. The summed E-state index contributed by atoms with van der Waals surface area (Å²) >= 11 is 0. The van der Waals surface area contributed by atoms with Crippen molar-refractivity contribution in [3.8, 4) is 11.5 Å². The molecule has 0 spiro atoms. The molecular formula is C26H27NO9. The smallest absolute Gasteiger partial charge is 0.198 e. The maximum absolute atomic E-state index is 13.3. The highest BCUT2D eigenvalue weighted by atomic mass is 16.7. The lowest BCUT2D eigenvalue weighted by molar-refractivity contribution is -0.247. The maximum Gasteiger partial charge on any atom is 0.198 e. The third kappa shape index (κ3) is 3.56. The average molecular weight is 498 g/mol. The van der Waals surface area contributed by atoms with E-state index in [0.29, 0.717) is 0 Å². The number of fused-ring (bicyclic) bond motifs is 3. The Balaban J connectivity index is 1.66. The molecule has 6 N–H and O–H groups in total. The van der Waals surface area contributed by atoms with E-state index in [1.54, 1.807) is 19.1 Å². The van der Waals surface area contributed by atoms with Crippen LogP contribution in [0.2, 0.25) is 0 Å². The lowest BCUT2D eigenvalue weighted by Gasteiger charge is -2.42. The molecule has 190 valence electrons. The van der Waals surface area contributed by atoms with Gasteiger partial charge in [-0.05, 0) is 13.8 Å². The third-order valence-electron chi connectivity index (χ3n) is 7.50. The van der Waals surface area contributed by atoms with E-state index in [0.717, 1.165) is 0 Å². The summed E-state index contributed by atoms with van der Waals surface area (Å²) in [7, 11) is 0. The second-order valence-electron chi connectivity index (χ2n) is 9.80. The summed E-state index contributed by atoms with van der Waals surface area (Å²) in [5.74, 6) is -3.06. The summed E-state index contributed by atoms with van der Waals surface area (Å²) in [6.07, 6.45) is -4.38. The fraction of sp³-hybridized carbons (Fsp3) is 0.423. The van der Waals surface area contributed by atoms with Crippen LogP contribution < -0.4 is 5.73 Å². The number of hydrogen-bond donors (Lipinski definition) is 5. The zero-order valence-corrected chi connectivity index (χ0v) is 19.7. The van der Waals surface area contributed by atoms with Gasteiger partial charge in [0, 0.05) is 47.6 Å². The van der Waals surface area contributed by atoms with Crippen LogP contribution in [0.3, 0.4) is 0 Å². The van der Waals surface area contributed by atoms with Crippen LogP contribution in [0, 0.1) is 0 Å². The average Bonchev–Trinajstić information content (AvgIpc) is 2.82. The van der Waals surface area contributed by atoms with E-state index in [2.05, 4.69) is 0 Å². The number of phenolic OH excluding ortho intramolecular Hbond substituents is 2. The highest BCUT2D eigenvalue weighted by Gasteiger charge is 2.49. The van der Waals surface area contributed by atoms with Gasteiger partial charge in [-0.2, -0.15) is 0 Å². The fourth-order valence-electron chi connectivity index (χ4n) is 5.42. The highest BCUT2D eigenvalue weighted by Crippen LogP contribution is 2.51. The first-order chi connectivity index (χ1) is 16.9. The minimum atomic E-state index is -1.97. The molecular weight excluding hydrogens is 470 g/mol. The predicted molar refractivity (Wildman–Crippen MR) is 124 cm³/mol. The largest absolute Gasteiger partial charge is 0.507 e. The topological polar surface area (TPSA) is 177 Å². The standard InChI is InChI=1S/C26H27NO9/c1-10-21(29)15(27)7-17(35-10)36-16-9-26(34,11(2)28)8-14-18(16)25(33)20-19(24(14)32)22(30)12-5-3-4-6-13(12)23(20)31/h3-6,10,15-17,21,29,32-34H,7-9,27H2,1-2H3/t10-,15+,16-,17-,21+,26-/m0/s1. The lowest BCUT2D eigenvalue weighted by atomic mass is 9.72. The van der Waals surface area contributed by atoms with Crippen molar-refractivity contribution in [1.29, 1.82) is 0 Å². The van der Waals surface area contributed by atoms with Gasteiger partial charge in [0.1, 0.15) is 17.1 Å². The molecule has 0 bridgehead atoms. The number of ether oxygens (including phenoxy) is 2. The van der Waals surface area contributed by atoms with Crippen LogP contribution in [0.1, 0.15) is 75.8 Å². The summed E-state index contributed by atoms with van der Waals surface area (Å²) in [5, 5.41) is 43.8. The summed E-state index contributed by atoms with van der Waals surface area (Å²) in [5.41, 5.74) is 3.38. The number of aliphatic hydroxyl groups excluding tert-OH is 1. The van der Waals surface area contributed by atoms with Crippen LogP contribution in [-0.2, 0) is 20.7 Å². The van der Waals surface area contributed by atoms with Crippen LogP contribution >= 0.6 is 0 Å². The van der Waals surface area contributed by atoms with Crippen LogP contribution in [0.5, 0.6) is 11.5 Å². The van der Waals surface area contributed by atoms with Gasteiger partial charge in [0.15, 0.2) is 23.6 Å². The Morgan fingerprint density at radius 3 is 2.25 bits per heavy atom. The van der Waals surface area contributed by atoms with Crippen LogP contribution in [0.25, 0.3) is 0 Å². The molecule has 5 rings (SSSR count). The molecule has 1 heterocycles. The van der Waals surface area contributed by atoms with Crippen molar-refractivity contribution in [3.63, 3.8) is 0 Å². The van der Waals surface area contributed by atoms with E-state index < -0.39 is 71.5 Å². The zero-order valence-electron chi connectivity index (χ0n) is 19.7. The van der Waals surface area contributed by atoms with Crippen molar-refractivity contribution >= 4 is 17.3 Å². The first-order valence-electron chi connectivity index (χ1n) is 11.7. The molecule has 1 saturated heterocycles. The second kappa shape index (κ2) is 8.46. The molecule has 6 atom stereocenters. The van der Waals surface area contributed by atoms with Gasteiger partial charge in [-0.3, -0.25) is 14.4 Å². The Labute approximate surface area is 206 Å². The first kappa shape index (κ1) is 24.5. The van der Waals surface area contributed by atoms with Gasteiger partial charge in [-0.15, -0.1) is 0 Å². The van der Waals surface area contributed by atoms with Crippen LogP contribution in [-0.4, -0.2) is 67.9 Å². The second-order valence-corrected chi connectivity index (χ2v) is 9.80. The van der Waals surface area contributed by atoms with E-state index in [1.165, 1.54) is 19.1 Å². The molecule has 0 aromatic heterocycles. The molecule has 10 heteroatoms. The Hall–Kier alpha value is -3.15. The van der Waals surface area contributed by atoms with Crippen molar-refractivity contribution in [2.75, 3.05) is 0 Å². The Kier molecular flexibility index (Phi) is 5.77. The van der Waals surface area contributed by atoms with E-state index in [9.17, 15) is 34.8 Å². The molecule has 36 heavy (non-hydrogen) atoms. The number of rotatable bonds is 3. The number of aromatic hydroxyl groups is 2. The molecule has 2 aliphatic carbocycles. The van der Waals surface area contributed by atoms with E-state index in [4.69, 9.17) is 15.2 Å². The van der Waals surface area contributed by atoms with Crippen molar-refractivity contribution in [2.45, 2.75) is 69.4 Å². The zero-order chi connectivity index (χ0) is 26.1. The summed E-state index contributed by atoms with van der Waals surface area (Å²) in [6.45, 7) is 2.80. The number of benzene rings is 2. The molecule has 3 aliphatic rings. The Morgan fingerprint density at radius 1 is 1.11 bits per heavy atom. The molecule has 1 aliphatic heterocycles. The molecule has 2 aromatic rings. The van der Waals surface area contributed by atoms with Crippen molar-refractivity contribution < 1.29 is 44.3 Å². The van der Waals surface area contributed by atoms with Gasteiger partial charge in [0.05, 0.1) is 29.4 Å². The highest BCUT2D eigenvalue weighted by molar-refractivity contribution is 6.30. The number of carbonyl (C=O) groups excluding carboxylic acids is 3. The quantitative estimate of drug-likeness (QED) is 0.328. The fourth-order valence-corrected chi connectivity index (χ4v) is 5.42. The van der Waals surface area contributed by atoms with E-state index in [-0.39, 0.29) is 46.2 Å². The van der Waals surface area contributed by atoms with Crippen LogP contribution in [0.15, 0.2) is 24.3 Å². The summed E-state index contributed by atoms with van der Waals surface area (Å²) < 4.78 is 11.8. The molecule has 0 amide bonds. The Bertz CT molecular complexity index is 1290. The van der Waals surface area contributed by atoms with Gasteiger partial charge in [0.25, 0.3) is 0 Å². The lowest BCUT2D eigenvalue weighted by Crippen LogP contribution is -2.52. The number of aliphatic hydroxyl groups is 2. The number of ketones is 3. The van der Waals surface area contributed by atoms with Crippen molar-refractivity contribution in [2.24, 2.45) is 5.73 Å². The molecule has 0 unspecified atom stereocenters. The minimum Gasteiger partial charge on any atom is -0.507 e.